The third-order valence-electron chi connectivity index (χ3n) is 4.25. The molecular formula is C17H36N2. The maximum absolute atomic E-state index is 3.80. The van der Waals surface area contributed by atoms with Crippen molar-refractivity contribution in [2.24, 2.45) is 17.8 Å². The van der Waals surface area contributed by atoms with E-state index in [9.17, 15) is 0 Å². The van der Waals surface area contributed by atoms with Gasteiger partial charge in [0.2, 0.25) is 0 Å². The lowest BCUT2D eigenvalue weighted by Crippen LogP contribution is -2.41. The molecule has 1 saturated heterocycles. The van der Waals surface area contributed by atoms with Gasteiger partial charge in [-0.25, -0.2) is 0 Å². The summed E-state index contributed by atoms with van der Waals surface area (Å²) >= 11 is 0. The highest BCUT2D eigenvalue weighted by molar-refractivity contribution is 4.74. The van der Waals surface area contributed by atoms with Crippen LogP contribution in [0.2, 0.25) is 0 Å². The van der Waals surface area contributed by atoms with E-state index >= 15 is 0 Å². The summed E-state index contributed by atoms with van der Waals surface area (Å²) in [6, 6.07) is 0.712. The molecule has 0 spiro atoms. The molecule has 1 aliphatic heterocycles. The molecule has 2 heteroatoms. The van der Waals surface area contributed by atoms with Crippen molar-refractivity contribution in [1.82, 2.24) is 10.2 Å². The zero-order chi connectivity index (χ0) is 14.3. The summed E-state index contributed by atoms with van der Waals surface area (Å²) in [4.78, 5) is 2.63. The topological polar surface area (TPSA) is 15.3 Å². The second-order valence-corrected chi connectivity index (χ2v) is 7.43. The first-order valence-corrected chi connectivity index (χ1v) is 8.43. The second-order valence-electron chi connectivity index (χ2n) is 7.43. The Morgan fingerprint density at radius 1 is 1.00 bits per heavy atom. The first kappa shape index (κ1) is 17.0. The van der Waals surface area contributed by atoms with Gasteiger partial charge in [0.1, 0.15) is 0 Å². The van der Waals surface area contributed by atoms with Gasteiger partial charge in [-0.1, -0.05) is 34.6 Å². The van der Waals surface area contributed by atoms with Crippen molar-refractivity contribution in [1.29, 1.82) is 0 Å². The molecule has 1 N–H and O–H groups in total. The molecule has 1 heterocycles. The normalized spacial score (nSPS) is 18.9. The standard InChI is InChI=1S/C17H36N2/c1-14(2)12-17(13-15(3)4)18-8-11-19-9-6-16(5)7-10-19/h14-18H,6-13H2,1-5H3. The Bertz CT molecular complexity index is 207. The number of nitrogens with one attached hydrogen (secondary N) is 1. The molecule has 0 amide bonds. The molecule has 0 saturated carbocycles. The third kappa shape index (κ3) is 7.94. The van der Waals surface area contributed by atoms with E-state index in [1.165, 1.54) is 51.9 Å². The molecule has 0 aliphatic carbocycles. The molecule has 19 heavy (non-hydrogen) atoms. The van der Waals surface area contributed by atoms with Gasteiger partial charge in [0.05, 0.1) is 0 Å². The lowest BCUT2D eigenvalue weighted by molar-refractivity contribution is 0.189. The van der Waals surface area contributed by atoms with Crippen LogP contribution < -0.4 is 5.32 Å². The van der Waals surface area contributed by atoms with E-state index in [-0.39, 0.29) is 0 Å². The van der Waals surface area contributed by atoms with Crippen molar-refractivity contribution >= 4 is 0 Å². The zero-order valence-corrected chi connectivity index (χ0v) is 13.9. The number of nitrogens with zero attached hydrogens (tertiary/aromatic N) is 1. The van der Waals surface area contributed by atoms with Crippen LogP contribution in [-0.4, -0.2) is 37.1 Å². The van der Waals surface area contributed by atoms with E-state index in [0.717, 1.165) is 17.8 Å². The fourth-order valence-corrected chi connectivity index (χ4v) is 3.11. The van der Waals surface area contributed by atoms with E-state index in [0.29, 0.717) is 6.04 Å². The van der Waals surface area contributed by atoms with Crippen LogP contribution >= 0.6 is 0 Å². The van der Waals surface area contributed by atoms with Gasteiger partial charge in [-0.2, -0.15) is 0 Å². The summed E-state index contributed by atoms with van der Waals surface area (Å²) in [5.74, 6) is 2.54. The highest BCUT2D eigenvalue weighted by Gasteiger charge is 2.16. The predicted octanol–water partition coefficient (Wildman–Crippen LogP) is 3.77. The molecule has 0 aromatic rings. The van der Waals surface area contributed by atoms with Crippen LogP contribution in [0.25, 0.3) is 0 Å². The van der Waals surface area contributed by atoms with Crippen LogP contribution in [0.15, 0.2) is 0 Å². The van der Waals surface area contributed by atoms with Gasteiger partial charge in [0.25, 0.3) is 0 Å². The minimum absolute atomic E-state index is 0.712. The van der Waals surface area contributed by atoms with Crippen LogP contribution in [0, 0.1) is 17.8 Å². The molecule has 1 fully saturated rings. The lowest BCUT2D eigenvalue weighted by atomic mass is 9.95. The van der Waals surface area contributed by atoms with Crippen molar-refractivity contribution < 1.29 is 0 Å². The van der Waals surface area contributed by atoms with Crippen LogP contribution in [0.5, 0.6) is 0 Å². The van der Waals surface area contributed by atoms with Gasteiger partial charge in [-0.3, -0.25) is 0 Å². The lowest BCUT2D eigenvalue weighted by Gasteiger charge is -2.31. The van der Waals surface area contributed by atoms with Gasteiger partial charge in [0, 0.05) is 19.1 Å². The van der Waals surface area contributed by atoms with E-state index in [1.54, 1.807) is 0 Å². The van der Waals surface area contributed by atoms with Gasteiger partial charge >= 0.3 is 0 Å². The molecule has 0 aromatic heterocycles. The Kier molecular flexibility index (Phi) is 8.01. The number of piperidine rings is 1. The number of hydrogen-bond acceptors (Lipinski definition) is 2. The van der Waals surface area contributed by atoms with Crippen molar-refractivity contribution in [3.63, 3.8) is 0 Å². The van der Waals surface area contributed by atoms with E-state index in [4.69, 9.17) is 0 Å². The van der Waals surface area contributed by atoms with E-state index in [2.05, 4.69) is 44.8 Å². The molecule has 0 atom stereocenters. The molecule has 2 nitrogen and oxygen atoms in total. The summed E-state index contributed by atoms with van der Waals surface area (Å²) < 4.78 is 0. The van der Waals surface area contributed by atoms with Gasteiger partial charge in [-0.15, -0.1) is 0 Å². The minimum Gasteiger partial charge on any atom is -0.313 e. The smallest absolute Gasteiger partial charge is 0.0107 e. The predicted molar refractivity (Wildman–Crippen MR) is 85.5 cm³/mol. The summed E-state index contributed by atoms with van der Waals surface area (Å²) in [7, 11) is 0. The zero-order valence-electron chi connectivity index (χ0n) is 13.9. The van der Waals surface area contributed by atoms with Crippen LogP contribution in [0.4, 0.5) is 0 Å². The van der Waals surface area contributed by atoms with Crippen molar-refractivity contribution in [2.75, 3.05) is 26.2 Å². The SMILES string of the molecule is CC(C)CC(CC(C)C)NCCN1CCC(C)CC1. The monoisotopic (exact) mass is 268 g/mol. The Labute approximate surface area is 121 Å². The Morgan fingerprint density at radius 2 is 1.53 bits per heavy atom. The molecular weight excluding hydrogens is 232 g/mol. The number of likely N-dealkylation sites (tertiary alicyclic amines) is 1. The van der Waals surface area contributed by atoms with Crippen molar-refractivity contribution in [3.05, 3.63) is 0 Å². The molecule has 0 radical (unpaired) electrons. The Hall–Kier alpha value is -0.0800. The van der Waals surface area contributed by atoms with Gasteiger partial charge in [-0.05, 0) is 56.5 Å². The average Bonchev–Trinajstić information content (AvgIpc) is 2.30. The van der Waals surface area contributed by atoms with Gasteiger partial charge in [0.15, 0.2) is 0 Å². The molecule has 0 aromatic carbocycles. The largest absolute Gasteiger partial charge is 0.313 e. The fourth-order valence-electron chi connectivity index (χ4n) is 3.11. The fraction of sp³-hybridized carbons (Fsp3) is 1.00. The third-order valence-corrected chi connectivity index (χ3v) is 4.25. The second kappa shape index (κ2) is 8.97. The van der Waals surface area contributed by atoms with Crippen molar-refractivity contribution in [3.8, 4) is 0 Å². The first-order valence-electron chi connectivity index (χ1n) is 8.43. The molecule has 1 rings (SSSR count). The van der Waals surface area contributed by atoms with Crippen molar-refractivity contribution in [2.45, 2.75) is 66.3 Å². The Morgan fingerprint density at radius 3 is 2.00 bits per heavy atom. The number of hydrogen-bond donors (Lipinski definition) is 1. The maximum atomic E-state index is 3.80. The van der Waals surface area contributed by atoms with E-state index in [1.807, 2.05) is 0 Å². The molecule has 0 bridgehead atoms. The summed E-state index contributed by atoms with van der Waals surface area (Å²) in [5.41, 5.74) is 0. The summed E-state index contributed by atoms with van der Waals surface area (Å²) in [6.07, 6.45) is 5.41. The van der Waals surface area contributed by atoms with Crippen LogP contribution in [0.1, 0.15) is 60.3 Å². The average molecular weight is 268 g/mol. The van der Waals surface area contributed by atoms with Gasteiger partial charge < -0.3 is 10.2 Å². The first-order chi connectivity index (χ1) is 8.97. The van der Waals surface area contributed by atoms with E-state index < -0.39 is 0 Å². The summed E-state index contributed by atoms with van der Waals surface area (Å²) in [6.45, 7) is 16.7. The van der Waals surface area contributed by atoms with Crippen LogP contribution in [0.3, 0.4) is 0 Å². The molecule has 0 unspecified atom stereocenters. The highest BCUT2D eigenvalue weighted by atomic mass is 15.1. The Balaban J connectivity index is 2.19. The summed E-state index contributed by atoms with van der Waals surface area (Å²) in [5, 5.41) is 3.80. The van der Waals surface area contributed by atoms with Crippen LogP contribution in [-0.2, 0) is 0 Å². The maximum Gasteiger partial charge on any atom is 0.0107 e. The minimum atomic E-state index is 0.712. The quantitative estimate of drug-likeness (QED) is 0.721. The molecule has 1 aliphatic rings. The number of rotatable bonds is 8. The molecule has 114 valence electrons. The highest BCUT2D eigenvalue weighted by Crippen LogP contribution is 2.16.